The Morgan fingerprint density at radius 2 is 1.83 bits per heavy atom. The molecule has 0 aliphatic carbocycles. The summed E-state index contributed by atoms with van der Waals surface area (Å²) in [6.45, 7) is 6.99. The first-order valence-electron chi connectivity index (χ1n) is 11.7. The first kappa shape index (κ1) is 24.1. The van der Waals surface area contributed by atoms with Gasteiger partial charge in [-0.1, -0.05) is 55.8 Å². The van der Waals surface area contributed by atoms with Gasteiger partial charge in [-0.15, -0.1) is 0 Å². The fourth-order valence-corrected chi connectivity index (χ4v) is 3.76. The fourth-order valence-electron chi connectivity index (χ4n) is 3.76. The van der Waals surface area contributed by atoms with Gasteiger partial charge in [0.1, 0.15) is 18.1 Å². The van der Waals surface area contributed by atoms with E-state index in [0.29, 0.717) is 36.2 Å². The average molecular weight is 471 g/mol. The molecule has 0 fully saturated rings. The van der Waals surface area contributed by atoms with Crippen LogP contribution in [0, 0.1) is 6.92 Å². The van der Waals surface area contributed by atoms with Crippen molar-refractivity contribution in [3.63, 3.8) is 0 Å². The number of carbonyl (C=O) groups is 2. The Morgan fingerprint density at radius 3 is 2.54 bits per heavy atom. The number of nitrogens with one attached hydrogen (secondary N) is 1. The highest BCUT2D eigenvalue weighted by atomic mass is 16.5. The third-order valence-corrected chi connectivity index (χ3v) is 5.80. The monoisotopic (exact) mass is 470 g/mol. The number of nitrogens with zero attached hydrogens (tertiary/aromatic N) is 1. The van der Waals surface area contributed by atoms with E-state index in [-0.39, 0.29) is 18.4 Å². The second kappa shape index (κ2) is 10.9. The number of fused-ring (bicyclic) bond motifs is 1. The molecule has 6 nitrogen and oxygen atoms in total. The predicted octanol–water partition coefficient (Wildman–Crippen LogP) is 5.57. The Labute approximate surface area is 206 Å². The van der Waals surface area contributed by atoms with Gasteiger partial charge in [-0.3, -0.25) is 9.59 Å². The molecular weight excluding hydrogens is 440 g/mol. The molecule has 6 heteroatoms. The van der Waals surface area contributed by atoms with E-state index in [1.165, 1.54) is 11.6 Å². The van der Waals surface area contributed by atoms with Gasteiger partial charge in [-0.2, -0.15) is 0 Å². The maximum Gasteiger partial charge on any atom is 0.265 e. The normalized spacial score (nSPS) is 13.0. The lowest BCUT2D eigenvalue weighted by Crippen LogP contribution is -2.41. The van der Waals surface area contributed by atoms with Crippen LogP contribution < -0.4 is 19.7 Å². The molecule has 1 aliphatic heterocycles. The highest BCUT2D eigenvalue weighted by Crippen LogP contribution is 2.34. The number of ether oxygens (including phenoxy) is 2. The molecular formula is C29H30N2O4. The molecule has 0 bridgehead atoms. The first-order valence-corrected chi connectivity index (χ1v) is 11.7. The summed E-state index contributed by atoms with van der Waals surface area (Å²) in [5.74, 6) is 1.40. The van der Waals surface area contributed by atoms with Crippen LogP contribution in [0.2, 0.25) is 0 Å². The number of amides is 2. The molecule has 0 aromatic heterocycles. The molecule has 1 aliphatic rings. The van der Waals surface area contributed by atoms with E-state index in [4.69, 9.17) is 9.47 Å². The highest BCUT2D eigenvalue weighted by molar-refractivity contribution is 6.03. The molecule has 0 radical (unpaired) electrons. The zero-order valence-electron chi connectivity index (χ0n) is 20.3. The number of aryl methyl sites for hydroxylation is 1. The third-order valence-electron chi connectivity index (χ3n) is 5.80. The van der Waals surface area contributed by atoms with Crippen molar-refractivity contribution in [2.24, 2.45) is 0 Å². The van der Waals surface area contributed by atoms with E-state index in [1.807, 2.05) is 43.3 Å². The SMILES string of the molecule is Cc1ccc(OCCN2C(=O)COc3ccc(NC(=O)/C=C/c4ccc(C(C)C)cc4)cc32)cc1. The van der Waals surface area contributed by atoms with Crippen molar-refractivity contribution in [2.75, 3.05) is 30.0 Å². The van der Waals surface area contributed by atoms with Crippen molar-refractivity contribution in [3.05, 3.63) is 89.5 Å². The molecule has 0 atom stereocenters. The van der Waals surface area contributed by atoms with Crippen LogP contribution in [-0.2, 0) is 9.59 Å². The quantitative estimate of drug-likeness (QED) is 0.437. The molecule has 180 valence electrons. The van der Waals surface area contributed by atoms with Crippen LogP contribution in [0.4, 0.5) is 11.4 Å². The molecule has 0 saturated carbocycles. The standard InChI is InChI=1S/C29H30N2O4/c1-20(2)23-9-6-22(7-10-23)8-15-28(32)30-24-11-14-27-26(18-24)31(29(33)19-35-27)16-17-34-25-12-4-21(3)5-13-25/h4-15,18,20H,16-17,19H2,1-3H3,(H,30,32)/b15-8+. The summed E-state index contributed by atoms with van der Waals surface area (Å²) in [7, 11) is 0. The lowest BCUT2D eigenvalue weighted by atomic mass is 10.0. The van der Waals surface area contributed by atoms with Crippen LogP contribution in [0.1, 0.15) is 36.5 Å². The first-order chi connectivity index (χ1) is 16.9. The lowest BCUT2D eigenvalue weighted by molar-refractivity contribution is -0.121. The van der Waals surface area contributed by atoms with Gasteiger partial charge >= 0.3 is 0 Å². The van der Waals surface area contributed by atoms with Crippen LogP contribution in [0.5, 0.6) is 11.5 Å². The van der Waals surface area contributed by atoms with Crippen molar-refractivity contribution >= 4 is 29.3 Å². The summed E-state index contributed by atoms with van der Waals surface area (Å²) in [5, 5.41) is 2.86. The van der Waals surface area contributed by atoms with E-state index in [0.717, 1.165) is 16.9 Å². The van der Waals surface area contributed by atoms with E-state index in [1.54, 1.807) is 29.2 Å². The maximum absolute atomic E-state index is 12.5. The maximum atomic E-state index is 12.5. The van der Waals surface area contributed by atoms with Gasteiger partial charge in [0.05, 0.1) is 12.2 Å². The minimum Gasteiger partial charge on any atom is -0.492 e. The van der Waals surface area contributed by atoms with Crippen LogP contribution in [-0.4, -0.2) is 31.6 Å². The Balaban J connectivity index is 1.40. The smallest absolute Gasteiger partial charge is 0.265 e. The van der Waals surface area contributed by atoms with Crippen LogP contribution in [0.15, 0.2) is 72.8 Å². The zero-order valence-corrected chi connectivity index (χ0v) is 20.3. The number of anilines is 2. The van der Waals surface area contributed by atoms with E-state index < -0.39 is 0 Å². The van der Waals surface area contributed by atoms with Crippen molar-refractivity contribution in [1.29, 1.82) is 0 Å². The second-order valence-electron chi connectivity index (χ2n) is 8.82. The van der Waals surface area contributed by atoms with Crippen LogP contribution >= 0.6 is 0 Å². The van der Waals surface area contributed by atoms with E-state index in [2.05, 4.69) is 31.3 Å². The summed E-state index contributed by atoms with van der Waals surface area (Å²) < 4.78 is 11.4. The number of hydrogen-bond acceptors (Lipinski definition) is 4. The third kappa shape index (κ3) is 6.29. The summed E-state index contributed by atoms with van der Waals surface area (Å²) in [6.07, 6.45) is 3.28. The Kier molecular flexibility index (Phi) is 7.51. The Morgan fingerprint density at radius 1 is 1.09 bits per heavy atom. The molecule has 35 heavy (non-hydrogen) atoms. The largest absolute Gasteiger partial charge is 0.492 e. The van der Waals surface area contributed by atoms with Gasteiger partial charge < -0.3 is 19.7 Å². The van der Waals surface area contributed by atoms with Crippen LogP contribution in [0.25, 0.3) is 6.08 Å². The van der Waals surface area contributed by atoms with Gasteiger partial charge in [0.2, 0.25) is 5.91 Å². The lowest BCUT2D eigenvalue weighted by Gasteiger charge is -2.29. The Bertz CT molecular complexity index is 1210. The molecule has 0 unspecified atom stereocenters. The topological polar surface area (TPSA) is 67.9 Å². The van der Waals surface area contributed by atoms with E-state index in [9.17, 15) is 9.59 Å². The molecule has 3 aromatic rings. The van der Waals surface area contributed by atoms with Crippen molar-refractivity contribution in [3.8, 4) is 11.5 Å². The van der Waals surface area contributed by atoms with Crippen molar-refractivity contribution < 1.29 is 19.1 Å². The molecule has 2 amide bonds. The minimum atomic E-state index is -0.254. The molecule has 0 spiro atoms. The highest BCUT2D eigenvalue weighted by Gasteiger charge is 2.26. The van der Waals surface area contributed by atoms with Gasteiger partial charge in [0, 0.05) is 11.8 Å². The summed E-state index contributed by atoms with van der Waals surface area (Å²) >= 11 is 0. The molecule has 3 aromatic carbocycles. The van der Waals surface area contributed by atoms with Gasteiger partial charge in [0.25, 0.3) is 5.91 Å². The molecule has 0 saturated heterocycles. The number of hydrogen-bond donors (Lipinski definition) is 1. The Hall–Kier alpha value is -4.06. The second-order valence-corrected chi connectivity index (χ2v) is 8.82. The predicted molar refractivity (Wildman–Crippen MR) is 139 cm³/mol. The molecule has 4 rings (SSSR count). The summed E-state index contributed by atoms with van der Waals surface area (Å²) in [4.78, 5) is 26.7. The van der Waals surface area contributed by atoms with Gasteiger partial charge in [-0.25, -0.2) is 0 Å². The van der Waals surface area contributed by atoms with Gasteiger partial charge in [0.15, 0.2) is 6.61 Å². The fraction of sp³-hybridized carbons (Fsp3) is 0.241. The summed E-state index contributed by atoms with van der Waals surface area (Å²) in [5.41, 5.74) is 4.55. The number of carbonyl (C=O) groups excluding carboxylic acids is 2. The van der Waals surface area contributed by atoms with Crippen LogP contribution in [0.3, 0.4) is 0 Å². The molecule has 1 heterocycles. The van der Waals surface area contributed by atoms with E-state index >= 15 is 0 Å². The number of benzene rings is 3. The molecule has 1 N–H and O–H groups in total. The summed E-state index contributed by atoms with van der Waals surface area (Å²) in [6, 6.07) is 21.2. The minimum absolute atomic E-state index is 0.0262. The van der Waals surface area contributed by atoms with Gasteiger partial charge in [-0.05, 0) is 60.4 Å². The zero-order chi connectivity index (χ0) is 24.8. The average Bonchev–Trinajstić information content (AvgIpc) is 2.85. The van der Waals surface area contributed by atoms with Crippen molar-refractivity contribution in [1.82, 2.24) is 0 Å². The number of rotatable bonds is 8. The van der Waals surface area contributed by atoms with Crippen molar-refractivity contribution in [2.45, 2.75) is 26.7 Å².